The lowest BCUT2D eigenvalue weighted by molar-refractivity contribution is -0.117. The molecule has 1 aliphatic heterocycles. The molecule has 2 N–H and O–H groups in total. The quantitative estimate of drug-likeness (QED) is 0.590. The fourth-order valence-electron chi connectivity index (χ4n) is 3.55. The maximum atomic E-state index is 12.8. The lowest BCUT2D eigenvalue weighted by atomic mass is 10.1. The van der Waals surface area contributed by atoms with Gasteiger partial charge in [-0.05, 0) is 61.4 Å². The second-order valence-electron chi connectivity index (χ2n) is 7.60. The van der Waals surface area contributed by atoms with Gasteiger partial charge in [0.05, 0.1) is 10.6 Å². The molecule has 0 aromatic heterocycles. The van der Waals surface area contributed by atoms with Gasteiger partial charge in [0, 0.05) is 29.9 Å². The number of carbonyl (C=O) groups is 2. The first kappa shape index (κ1) is 21.6. The molecule has 2 amide bonds. The van der Waals surface area contributed by atoms with Crippen molar-refractivity contribution in [1.82, 2.24) is 0 Å². The van der Waals surface area contributed by atoms with Crippen LogP contribution in [0.2, 0.25) is 0 Å². The van der Waals surface area contributed by atoms with Crippen LogP contribution >= 0.6 is 0 Å². The predicted octanol–water partition coefficient (Wildman–Crippen LogP) is 4.17. The molecular weight excluding hydrogens is 426 g/mol. The van der Waals surface area contributed by atoms with Gasteiger partial charge < -0.3 is 10.2 Å². The van der Waals surface area contributed by atoms with Gasteiger partial charge in [-0.2, -0.15) is 0 Å². The summed E-state index contributed by atoms with van der Waals surface area (Å²) in [6.45, 7) is 2.43. The largest absolute Gasteiger partial charge is 0.322 e. The fourth-order valence-corrected chi connectivity index (χ4v) is 4.70. The van der Waals surface area contributed by atoms with Gasteiger partial charge in [-0.3, -0.25) is 14.3 Å². The number of nitrogens with zero attached hydrogens (tertiary/aromatic N) is 1. The SMILES string of the molecule is Cc1ccc(C(=O)Nc2cccc(N3CCCC3=O)c2)cc1NS(=O)(=O)c1ccccc1. The number of anilines is 3. The average Bonchev–Trinajstić information content (AvgIpc) is 3.22. The Balaban J connectivity index is 1.53. The summed E-state index contributed by atoms with van der Waals surface area (Å²) < 4.78 is 27.9. The summed E-state index contributed by atoms with van der Waals surface area (Å²) in [7, 11) is -3.78. The Bertz CT molecular complexity index is 1270. The molecular formula is C24H23N3O4S. The third-order valence-corrected chi connectivity index (χ3v) is 6.67. The third kappa shape index (κ3) is 4.65. The molecule has 3 aromatic carbocycles. The average molecular weight is 450 g/mol. The van der Waals surface area contributed by atoms with Crippen molar-refractivity contribution in [3.8, 4) is 0 Å². The maximum absolute atomic E-state index is 12.8. The van der Waals surface area contributed by atoms with E-state index in [0.717, 1.165) is 12.1 Å². The molecule has 0 saturated carbocycles. The van der Waals surface area contributed by atoms with E-state index >= 15 is 0 Å². The number of benzene rings is 3. The van der Waals surface area contributed by atoms with Crippen LogP contribution in [0.25, 0.3) is 0 Å². The molecule has 4 rings (SSSR count). The van der Waals surface area contributed by atoms with Crippen molar-refractivity contribution < 1.29 is 18.0 Å². The van der Waals surface area contributed by atoms with Gasteiger partial charge in [-0.15, -0.1) is 0 Å². The normalized spacial score (nSPS) is 13.8. The first-order chi connectivity index (χ1) is 15.3. The molecule has 1 saturated heterocycles. The second-order valence-corrected chi connectivity index (χ2v) is 9.28. The first-order valence-electron chi connectivity index (χ1n) is 10.2. The molecule has 0 atom stereocenters. The van der Waals surface area contributed by atoms with E-state index in [0.29, 0.717) is 35.5 Å². The Hall–Kier alpha value is -3.65. The summed E-state index contributed by atoms with van der Waals surface area (Å²) in [5.74, 6) is -0.308. The van der Waals surface area contributed by atoms with E-state index in [4.69, 9.17) is 0 Å². The highest BCUT2D eigenvalue weighted by atomic mass is 32.2. The Morgan fingerprint density at radius 2 is 1.75 bits per heavy atom. The Morgan fingerprint density at radius 3 is 2.47 bits per heavy atom. The molecule has 7 nitrogen and oxygen atoms in total. The zero-order valence-electron chi connectivity index (χ0n) is 17.5. The smallest absolute Gasteiger partial charge is 0.261 e. The van der Waals surface area contributed by atoms with Crippen molar-refractivity contribution in [1.29, 1.82) is 0 Å². The van der Waals surface area contributed by atoms with Gasteiger partial charge in [-0.25, -0.2) is 8.42 Å². The standard InChI is InChI=1S/C24H23N3O4S/c1-17-12-13-18(15-22(17)26-32(30,31)21-9-3-2-4-10-21)24(29)25-19-7-5-8-20(16-19)27-14-6-11-23(27)28/h2-5,7-10,12-13,15-16,26H,6,11,14H2,1H3,(H,25,29). The first-order valence-corrected chi connectivity index (χ1v) is 11.7. The molecule has 1 fully saturated rings. The van der Waals surface area contributed by atoms with Gasteiger partial charge in [-0.1, -0.05) is 30.3 Å². The Kier molecular flexibility index (Phi) is 5.96. The van der Waals surface area contributed by atoms with E-state index in [9.17, 15) is 18.0 Å². The van der Waals surface area contributed by atoms with E-state index in [1.807, 2.05) is 6.07 Å². The molecule has 0 bridgehead atoms. The summed E-state index contributed by atoms with van der Waals surface area (Å²) in [4.78, 5) is 26.7. The van der Waals surface area contributed by atoms with Crippen molar-refractivity contribution in [3.05, 3.63) is 83.9 Å². The zero-order valence-corrected chi connectivity index (χ0v) is 18.4. The van der Waals surface area contributed by atoms with Crippen LogP contribution in [0.1, 0.15) is 28.8 Å². The van der Waals surface area contributed by atoms with Crippen molar-refractivity contribution in [2.75, 3.05) is 21.5 Å². The minimum absolute atomic E-state index is 0.0716. The molecule has 0 unspecified atom stereocenters. The number of rotatable bonds is 6. The number of nitrogens with one attached hydrogen (secondary N) is 2. The van der Waals surface area contributed by atoms with Crippen LogP contribution in [0.3, 0.4) is 0 Å². The lowest BCUT2D eigenvalue weighted by Crippen LogP contribution is -2.23. The summed E-state index contributed by atoms with van der Waals surface area (Å²) in [6, 6.07) is 20.0. The topological polar surface area (TPSA) is 95.6 Å². The van der Waals surface area contributed by atoms with Crippen LogP contribution < -0.4 is 14.9 Å². The van der Waals surface area contributed by atoms with Crippen LogP contribution in [-0.2, 0) is 14.8 Å². The number of hydrogen-bond donors (Lipinski definition) is 2. The highest BCUT2D eigenvalue weighted by Crippen LogP contribution is 2.25. The monoisotopic (exact) mass is 449 g/mol. The molecule has 0 radical (unpaired) electrons. The molecule has 0 spiro atoms. The Labute approximate surface area is 187 Å². The van der Waals surface area contributed by atoms with E-state index in [1.165, 1.54) is 18.2 Å². The summed E-state index contributed by atoms with van der Waals surface area (Å²) in [5, 5.41) is 2.82. The minimum Gasteiger partial charge on any atom is -0.322 e. The Morgan fingerprint density at radius 1 is 0.969 bits per heavy atom. The molecule has 3 aromatic rings. The summed E-state index contributed by atoms with van der Waals surface area (Å²) in [5.41, 5.74) is 2.63. The van der Waals surface area contributed by atoms with E-state index in [1.54, 1.807) is 60.4 Å². The van der Waals surface area contributed by atoms with Gasteiger partial charge in [0.2, 0.25) is 5.91 Å². The molecule has 1 heterocycles. The highest BCUT2D eigenvalue weighted by Gasteiger charge is 2.22. The fraction of sp³-hybridized carbons (Fsp3) is 0.167. The molecule has 32 heavy (non-hydrogen) atoms. The molecule has 1 aliphatic rings. The van der Waals surface area contributed by atoms with Crippen LogP contribution in [0, 0.1) is 6.92 Å². The van der Waals surface area contributed by atoms with E-state index in [-0.39, 0.29) is 16.7 Å². The third-order valence-electron chi connectivity index (χ3n) is 5.29. The number of carbonyl (C=O) groups excluding carboxylic acids is 2. The molecule has 0 aliphatic carbocycles. The lowest BCUT2D eigenvalue weighted by Gasteiger charge is -2.17. The van der Waals surface area contributed by atoms with Gasteiger partial charge in [0.15, 0.2) is 0 Å². The molecule has 8 heteroatoms. The van der Waals surface area contributed by atoms with Crippen molar-refractivity contribution in [2.24, 2.45) is 0 Å². The summed E-state index contributed by atoms with van der Waals surface area (Å²) in [6.07, 6.45) is 1.35. The molecule has 164 valence electrons. The van der Waals surface area contributed by atoms with Crippen molar-refractivity contribution >= 4 is 38.9 Å². The highest BCUT2D eigenvalue weighted by molar-refractivity contribution is 7.92. The summed E-state index contributed by atoms with van der Waals surface area (Å²) >= 11 is 0. The van der Waals surface area contributed by atoms with Crippen LogP contribution in [-0.4, -0.2) is 26.8 Å². The maximum Gasteiger partial charge on any atom is 0.261 e. The van der Waals surface area contributed by atoms with E-state index < -0.39 is 10.0 Å². The van der Waals surface area contributed by atoms with E-state index in [2.05, 4.69) is 10.0 Å². The number of aryl methyl sites for hydroxylation is 1. The van der Waals surface area contributed by atoms with Crippen molar-refractivity contribution in [2.45, 2.75) is 24.7 Å². The van der Waals surface area contributed by atoms with Crippen LogP contribution in [0.4, 0.5) is 17.1 Å². The van der Waals surface area contributed by atoms with Crippen LogP contribution in [0.5, 0.6) is 0 Å². The van der Waals surface area contributed by atoms with Crippen LogP contribution in [0.15, 0.2) is 77.7 Å². The number of sulfonamides is 1. The van der Waals surface area contributed by atoms with Crippen molar-refractivity contribution in [3.63, 3.8) is 0 Å². The van der Waals surface area contributed by atoms with Gasteiger partial charge >= 0.3 is 0 Å². The number of hydrogen-bond acceptors (Lipinski definition) is 4. The van der Waals surface area contributed by atoms with Gasteiger partial charge in [0.25, 0.3) is 15.9 Å². The second kappa shape index (κ2) is 8.84. The van der Waals surface area contributed by atoms with Gasteiger partial charge in [0.1, 0.15) is 0 Å². The number of amides is 2. The zero-order chi connectivity index (χ0) is 22.7. The predicted molar refractivity (Wildman–Crippen MR) is 124 cm³/mol. The minimum atomic E-state index is -3.78.